The first kappa shape index (κ1) is 19.8. The number of ketones is 1. The lowest BCUT2D eigenvalue weighted by molar-refractivity contribution is -0.142. The Morgan fingerprint density at radius 1 is 1.08 bits per heavy atom. The van der Waals surface area contributed by atoms with Gasteiger partial charge in [0, 0.05) is 12.1 Å². The summed E-state index contributed by atoms with van der Waals surface area (Å²) in [5.74, 6) is -0.986. The standard InChI is InChI=1S/C20H23NO4S/c1-20(2,3)15-8-6-14(7-9-15)16(22)13-25-18(23)10-11-21-19(24)17-5-4-12-26-17/h4-9,12H,10-11,13H2,1-3H3,(H,21,24). The lowest BCUT2D eigenvalue weighted by Crippen LogP contribution is -2.26. The van der Waals surface area contributed by atoms with E-state index in [0.717, 1.165) is 5.56 Å². The second-order valence-electron chi connectivity index (χ2n) is 6.89. The highest BCUT2D eigenvalue weighted by molar-refractivity contribution is 7.12. The van der Waals surface area contributed by atoms with E-state index in [9.17, 15) is 14.4 Å². The maximum atomic E-state index is 12.1. The lowest BCUT2D eigenvalue weighted by atomic mass is 9.86. The van der Waals surface area contributed by atoms with Crippen molar-refractivity contribution in [3.05, 3.63) is 57.8 Å². The summed E-state index contributed by atoms with van der Waals surface area (Å²) in [5, 5.41) is 4.45. The third kappa shape index (κ3) is 5.81. The van der Waals surface area contributed by atoms with Gasteiger partial charge in [-0.05, 0) is 22.4 Å². The molecule has 2 aromatic rings. The van der Waals surface area contributed by atoms with Crippen LogP contribution in [0.1, 0.15) is 52.8 Å². The summed E-state index contributed by atoms with van der Waals surface area (Å²) in [4.78, 5) is 36.1. The smallest absolute Gasteiger partial charge is 0.308 e. The second kappa shape index (κ2) is 8.76. The largest absolute Gasteiger partial charge is 0.457 e. The van der Waals surface area contributed by atoms with E-state index in [1.807, 2.05) is 17.5 Å². The van der Waals surface area contributed by atoms with Crippen LogP contribution in [0, 0.1) is 0 Å². The number of carbonyl (C=O) groups is 3. The van der Waals surface area contributed by atoms with E-state index in [-0.39, 0.29) is 36.7 Å². The Kier molecular flexibility index (Phi) is 6.69. The fraction of sp³-hybridized carbons (Fsp3) is 0.350. The molecule has 0 aliphatic heterocycles. The Bertz CT molecular complexity index is 758. The second-order valence-corrected chi connectivity index (χ2v) is 7.84. The Labute approximate surface area is 157 Å². The van der Waals surface area contributed by atoms with Crippen molar-refractivity contribution in [1.29, 1.82) is 0 Å². The predicted octanol–water partition coefficient (Wildman–Crippen LogP) is 3.59. The highest BCUT2D eigenvalue weighted by atomic mass is 32.1. The molecule has 5 nitrogen and oxygen atoms in total. The molecule has 1 N–H and O–H groups in total. The zero-order valence-corrected chi connectivity index (χ0v) is 16.0. The summed E-state index contributed by atoms with van der Waals surface area (Å²) in [6, 6.07) is 10.8. The van der Waals surface area contributed by atoms with Crippen molar-refractivity contribution in [3.8, 4) is 0 Å². The Balaban J connectivity index is 1.73. The van der Waals surface area contributed by atoms with E-state index in [1.54, 1.807) is 24.3 Å². The van der Waals surface area contributed by atoms with Gasteiger partial charge in [0.15, 0.2) is 12.4 Å². The van der Waals surface area contributed by atoms with Crippen molar-refractivity contribution < 1.29 is 19.1 Å². The van der Waals surface area contributed by atoms with Crippen molar-refractivity contribution in [2.45, 2.75) is 32.6 Å². The van der Waals surface area contributed by atoms with Gasteiger partial charge in [-0.1, -0.05) is 51.1 Å². The van der Waals surface area contributed by atoms with Crippen LogP contribution in [0.4, 0.5) is 0 Å². The van der Waals surface area contributed by atoms with Gasteiger partial charge in [0.2, 0.25) is 0 Å². The zero-order chi connectivity index (χ0) is 19.2. The summed E-state index contributed by atoms with van der Waals surface area (Å²) < 4.78 is 4.99. The maximum absolute atomic E-state index is 12.1. The average molecular weight is 373 g/mol. The first-order valence-electron chi connectivity index (χ1n) is 8.38. The van der Waals surface area contributed by atoms with Crippen LogP contribution in [0.3, 0.4) is 0 Å². The molecule has 1 aromatic heterocycles. The van der Waals surface area contributed by atoms with Crippen LogP contribution >= 0.6 is 11.3 Å². The molecular weight excluding hydrogens is 350 g/mol. The molecule has 26 heavy (non-hydrogen) atoms. The van der Waals surface area contributed by atoms with Gasteiger partial charge in [-0.15, -0.1) is 11.3 Å². The molecule has 0 bridgehead atoms. The van der Waals surface area contributed by atoms with Gasteiger partial charge < -0.3 is 10.1 Å². The minimum absolute atomic E-state index is 0.0155. The third-order valence-electron chi connectivity index (χ3n) is 3.80. The molecule has 0 atom stereocenters. The number of Topliss-reactive ketones (excluding diaryl/α,β-unsaturated/α-hetero) is 1. The molecule has 0 saturated heterocycles. The monoisotopic (exact) mass is 373 g/mol. The molecule has 0 aliphatic carbocycles. The van der Waals surface area contributed by atoms with Crippen LogP contribution in [0.25, 0.3) is 0 Å². The van der Waals surface area contributed by atoms with E-state index < -0.39 is 5.97 Å². The molecule has 6 heteroatoms. The summed E-state index contributed by atoms with van der Waals surface area (Å²) in [7, 11) is 0. The van der Waals surface area contributed by atoms with E-state index in [4.69, 9.17) is 4.74 Å². The summed E-state index contributed by atoms with van der Waals surface area (Å²) in [6.45, 7) is 6.17. The maximum Gasteiger partial charge on any atom is 0.308 e. The Morgan fingerprint density at radius 2 is 1.77 bits per heavy atom. The number of amides is 1. The number of ether oxygens (including phenoxy) is 1. The number of benzene rings is 1. The van der Waals surface area contributed by atoms with Crippen LogP contribution in [0.15, 0.2) is 41.8 Å². The molecule has 1 heterocycles. The molecule has 0 unspecified atom stereocenters. The summed E-state index contributed by atoms with van der Waals surface area (Å²) in [5.41, 5.74) is 1.66. The first-order valence-corrected chi connectivity index (χ1v) is 9.26. The van der Waals surface area contributed by atoms with E-state index >= 15 is 0 Å². The molecule has 1 amide bonds. The van der Waals surface area contributed by atoms with Crippen LogP contribution in [-0.4, -0.2) is 30.8 Å². The first-order chi connectivity index (χ1) is 12.3. The Hall–Kier alpha value is -2.47. The van der Waals surface area contributed by atoms with E-state index in [1.165, 1.54) is 11.3 Å². The number of hydrogen-bond donors (Lipinski definition) is 1. The number of thiophene rings is 1. The van der Waals surface area contributed by atoms with Gasteiger partial charge in [-0.25, -0.2) is 0 Å². The Morgan fingerprint density at radius 3 is 2.35 bits per heavy atom. The number of rotatable bonds is 7. The van der Waals surface area contributed by atoms with Gasteiger partial charge in [0.1, 0.15) is 0 Å². The SMILES string of the molecule is CC(C)(C)c1ccc(C(=O)COC(=O)CCNC(=O)c2cccs2)cc1. The number of nitrogens with one attached hydrogen (secondary N) is 1. The predicted molar refractivity (Wildman–Crippen MR) is 102 cm³/mol. The normalized spacial score (nSPS) is 11.0. The minimum Gasteiger partial charge on any atom is -0.457 e. The van der Waals surface area contributed by atoms with Gasteiger partial charge in [0.25, 0.3) is 5.91 Å². The number of esters is 1. The van der Waals surface area contributed by atoms with Gasteiger partial charge >= 0.3 is 5.97 Å². The highest BCUT2D eigenvalue weighted by Gasteiger charge is 2.15. The quantitative estimate of drug-likeness (QED) is 0.595. The van der Waals surface area contributed by atoms with Gasteiger partial charge in [0.05, 0.1) is 11.3 Å². The average Bonchev–Trinajstić information content (AvgIpc) is 3.13. The minimum atomic E-state index is -0.517. The van der Waals surface area contributed by atoms with Gasteiger partial charge in [-0.2, -0.15) is 0 Å². The highest BCUT2D eigenvalue weighted by Crippen LogP contribution is 2.22. The van der Waals surface area contributed by atoms with Crippen molar-refractivity contribution >= 4 is 29.0 Å². The molecular formula is C20H23NO4S. The molecule has 0 radical (unpaired) electrons. The van der Waals surface area contributed by atoms with Crippen molar-refractivity contribution in [2.24, 2.45) is 0 Å². The summed E-state index contributed by atoms with van der Waals surface area (Å²) >= 11 is 1.33. The topological polar surface area (TPSA) is 72.5 Å². The fourth-order valence-electron chi connectivity index (χ4n) is 2.23. The van der Waals surface area contributed by atoms with Crippen LogP contribution < -0.4 is 5.32 Å². The van der Waals surface area contributed by atoms with Crippen LogP contribution in [0.5, 0.6) is 0 Å². The van der Waals surface area contributed by atoms with Crippen molar-refractivity contribution in [2.75, 3.05) is 13.2 Å². The van der Waals surface area contributed by atoms with Crippen LogP contribution in [0.2, 0.25) is 0 Å². The zero-order valence-electron chi connectivity index (χ0n) is 15.2. The number of hydrogen-bond acceptors (Lipinski definition) is 5. The molecule has 0 spiro atoms. The number of carbonyl (C=O) groups excluding carboxylic acids is 3. The molecule has 2 rings (SSSR count). The lowest BCUT2D eigenvalue weighted by Gasteiger charge is -2.18. The third-order valence-corrected chi connectivity index (χ3v) is 4.67. The molecule has 138 valence electrons. The van der Waals surface area contributed by atoms with E-state index in [0.29, 0.717) is 10.4 Å². The fourth-order valence-corrected chi connectivity index (χ4v) is 2.87. The molecule has 1 aromatic carbocycles. The molecule has 0 saturated carbocycles. The summed E-state index contributed by atoms with van der Waals surface area (Å²) in [6.07, 6.45) is 0.0212. The molecule has 0 fully saturated rings. The van der Waals surface area contributed by atoms with Crippen molar-refractivity contribution in [1.82, 2.24) is 5.32 Å². The van der Waals surface area contributed by atoms with Gasteiger partial charge in [-0.3, -0.25) is 14.4 Å². The molecule has 0 aliphatic rings. The van der Waals surface area contributed by atoms with Crippen molar-refractivity contribution in [3.63, 3.8) is 0 Å². The van der Waals surface area contributed by atoms with E-state index in [2.05, 4.69) is 26.1 Å². The van der Waals surface area contributed by atoms with Crippen LogP contribution in [-0.2, 0) is 14.9 Å².